The van der Waals surface area contributed by atoms with Crippen molar-refractivity contribution in [1.82, 2.24) is 9.46 Å². The van der Waals surface area contributed by atoms with Crippen molar-refractivity contribution in [3.8, 4) is 0 Å². The van der Waals surface area contributed by atoms with Gasteiger partial charge in [0, 0.05) is 7.05 Å². The van der Waals surface area contributed by atoms with Gasteiger partial charge < -0.3 is 14.0 Å². The van der Waals surface area contributed by atoms with E-state index in [2.05, 4.69) is 5.16 Å². The van der Waals surface area contributed by atoms with Gasteiger partial charge in [0.1, 0.15) is 10.6 Å². The molecule has 8 heteroatoms. The van der Waals surface area contributed by atoms with E-state index in [4.69, 9.17) is 14.0 Å². The summed E-state index contributed by atoms with van der Waals surface area (Å²) in [4.78, 5) is 0.114. The molecule has 0 N–H and O–H groups in total. The first kappa shape index (κ1) is 13.5. The lowest BCUT2D eigenvalue weighted by molar-refractivity contribution is -0.0482. The minimum Gasteiger partial charge on any atom is -0.360 e. The van der Waals surface area contributed by atoms with Crippen LogP contribution in [0, 0.1) is 13.8 Å². The predicted molar refractivity (Wildman–Crippen MR) is 61.5 cm³/mol. The molecule has 0 saturated carbocycles. The summed E-state index contributed by atoms with van der Waals surface area (Å²) in [5.41, 5.74) is 0.354. The van der Waals surface area contributed by atoms with Crippen LogP contribution < -0.4 is 0 Å². The fraction of sp³-hybridized carbons (Fsp3) is 0.700. The Balaban J connectivity index is 2.20. The second-order valence-corrected chi connectivity index (χ2v) is 6.09. The summed E-state index contributed by atoms with van der Waals surface area (Å²) < 4.78 is 41.2. The smallest absolute Gasteiger partial charge is 0.248 e. The Bertz CT molecular complexity index is 499. The van der Waals surface area contributed by atoms with Crippen LogP contribution in [0.2, 0.25) is 0 Å². The molecule has 1 aromatic heterocycles. The van der Waals surface area contributed by atoms with E-state index in [1.54, 1.807) is 13.8 Å². The number of ether oxygens (including phenoxy) is 2. The van der Waals surface area contributed by atoms with Gasteiger partial charge in [0.05, 0.1) is 19.8 Å². The van der Waals surface area contributed by atoms with Crippen LogP contribution in [-0.2, 0) is 19.5 Å². The van der Waals surface area contributed by atoms with Gasteiger partial charge in [-0.05, 0) is 13.8 Å². The third kappa shape index (κ3) is 2.41. The third-order valence-corrected chi connectivity index (χ3v) is 4.80. The summed E-state index contributed by atoms with van der Waals surface area (Å²) in [5.74, 6) is 0.285. The summed E-state index contributed by atoms with van der Waals surface area (Å²) >= 11 is 0. The van der Waals surface area contributed by atoms with Crippen molar-refractivity contribution in [1.29, 1.82) is 0 Å². The maximum Gasteiger partial charge on any atom is 0.248 e. The average Bonchev–Trinajstić information content (AvgIpc) is 2.89. The van der Waals surface area contributed by atoms with E-state index >= 15 is 0 Å². The van der Waals surface area contributed by atoms with Crippen LogP contribution >= 0.6 is 0 Å². The van der Waals surface area contributed by atoms with Gasteiger partial charge in [0.25, 0.3) is 0 Å². The van der Waals surface area contributed by atoms with E-state index in [0.29, 0.717) is 18.9 Å². The van der Waals surface area contributed by atoms with Gasteiger partial charge in [-0.2, -0.15) is 4.31 Å². The highest BCUT2D eigenvalue weighted by Gasteiger charge is 2.31. The number of nitrogens with zero attached hydrogens (tertiary/aromatic N) is 2. The van der Waals surface area contributed by atoms with Crippen LogP contribution in [0.15, 0.2) is 9.42 Å². The highest BCUT2D eigenvalue weighted by molar-refractivity contribution is 7.89. The van der Waals surface area contributed by atoms with Crippen LogP contribution in [0.5, 0.6) is 0 Å². The topological polar surface area (TPSA) is 81.9 Å². The zero-order valence-corrected chi connectivity index (χ0v) is 11.4. The molecular weight excluding hydrogens is 260 g/mol. The van der Waals surface area contributed by atoms with E-state index in [9.17, 15) is 8.42 Å². The standard InChI is InChI=1S/C10H16N2O5S/c1-7-10(8(2)17-11-7)18(13,14)12(3)6-9-15-4-5-16-9/h9H,4-6H2,1-3H3. The maximum atomic E-state index is 12.3. The lowest BCUT2D eigenvalue weighted by atomic mass is 10.4. The van der Waals surface area contributed by atoms with Crippen molar-refractivity contribution in [2.24, 2.45) is 0 Å². The number of rotatable bonds is 4. The largest absolute Gasteiger partial charge is 0.360 e. The highest BCUT2D eigenvalue weighted by atomic mass is 32.2. The van der Waals surface area contributed by atoms with Gasteiger partial charge in [-0.3, -0.25) is 0 Å². The minimum absolute atomic E-state index is 0.114. The molecular formula is C10H16N2O5S. The van der Waals surface area contributed by atoms with E-state index in [1.807, 2.05) is 0 Å². The molecule has 18 heavy (non-hydrogen) atoms. The molecule has 0 spiro atoms. The molecule has 102 valence electrons. The minimum atomic E-state index is -3.63. The number of hydrogen-bond donors (Lipinski definition) is 0. The van der Waals surface area contributed by atoms with Crippen molar-refractivity contribution < 1.29 is 22.4 Å². The molecule has 0 aromatic carbocycles. The molecule has 0 amide bonds. The number of hydrogen-bond acceptors (Lipinski definition) is 6. The number of aryl methyl sites for hydroxylation is 2. The van der Waals surface area contributed by atoms with Crippen LogP contribution in [0.4, 0.5) is 0 Å². The Kier molecular flexibility index (Phi) is 3.71. The van der Waals surface area contributed by atoms with Gasteiger partial charge in [-0.25, -0.2) is 8.42 Å². The first-order valence-electron chi connectivity index (χ1n) is 5.55. The third-order valence-electron chi connectivity index (χ3n) is 2.73. The maximum absolute atomic E-state index is 12.3. The first-order valence-corrected chi connectivity index (χ1v) is 6.99. The van der Waals surface area contributed by atoms with E-state index in [1.165, 1.54) is 11.4 Å². The molecule has 0 atom stereocenters. The number of aromatic nitrogens is 1. The number of sulfonamides is 1. The Hall–Kier alpha value is -0.960. The fourth-order valence-electron chi connectivity index (χ4n) is 1.82. The van der Waals surface area contributed by atoms with Crippen LogP contribution in [0.25, 0.3) is 0 Å². The summed E-state index contributed by atoms with van der Waals surface area (Å²) in [6.07, 6.45) is -0.509. The molecule has 7 nitrogen and oxygen atoms in total. The zero-order chi connectivity index (χ0) is 13.3. The lowest BCUT2D eigenvalue weighted by Crippen LogP contribution is -2.35. The molecule has 1 fully saturated rings. The van der Waals surface area contributed by atoms with E-state index < -0.39 is 16.3 Å². The molecule has 0 aliphatic carbocycles. The Labute approximate surface area is 106 Å². The lowest BCUT2D eigenvalue weighted by Gasteiger charge is -2.19. The second kappa shape index (κ2) is 4.96. The van der Waals surface area contributed by atoms with Gasteiger partial charge in [0.15, 0.2) is 12.1 Å². The fourth-order valence-corrected chi connectivity index (χ4v) is 3.26. The van der Waals surface area contributed by atoms with E-state index in [0.717, 1.165) is 0 Å². The summed E-state index contributed by atoms with van der Waals surface area (Å²) in [6, 6.07) is 0. The normalized spacial score (nSPS) is 17.8. The molecule has 1 aliphatic rings. The molecule has 2 rings (SSSR count). The molecule has 1 aliphatic heterocycles. The first-order chi connectivity index (χ1) is 8.43. The van der Waals surface area contributed by atoms with Crippen molar-refractivity contribution in [3.63, 3.8) is 0 Å². The highest BCUT2D eigenvalue weighted by Crippen LogP contribution is 2.23. The van der Waals surface area contributed by atoms with Gasteiger partial charge in [-0.1, -0.05) is 5.16 Å². The predicted octanol–water partition coefficient (Wildman–Crippen LogP) is 0.285. The molecule has 1 aromatic rings. The Morgan fingerprint density at radius 2 is 1.94 bits per heavy atom. The van der Waals surface area contributed by atoms with Crippen molar-refractivity contribution in [2.75, 3.05) is 26.8 Å². The van der Waals surface area contributed by atoms with Crippen LogP contribution in [0.3, 0.4) is 0 Å². The molecule has 0 unspecified atom stereocenters. The zero-order valence-electron chi connectivity index (χ0n) is 10.5. The van der Waals surface area contributed by atoms with Crippen LogP contribution in [0.1, 0.15) is 11.5 Å². The van der Waals surface area contributed by atoms with Gasteiger partial charge in [0.2, 0.25) is 10.0 Å². The summed E-state index contributed by atoms with van der Waals surface area (Å²) in [6.45, 7) is 4.29. The average molecular weight is 276 g/mol. The Morgan fingerprint density at radius 3 is 2.44 bits per heavy atom. The van der Waals surface area contributed by atoms with Gasteiger partial charge in [-0.15, -0.1) is 0 Å². The van der Waals surface area contributed by atoms with Crippen LogP contribution in [-0.4, -0.2) is 51.0 Å². The molecule has 2 heterocycles. The summed E-state index contributed by atoms with van der Waals surface area (Å²) in [5, 5.41) is 3.65. The second-order valence-electron chi connectivity index (χ2n) is 4.11. The SMILES string of the molecule is Cc1noc(C)c1S(=O)(=O)N(C)CC1OCCO1. The van der Waals surface area contributed by atoms with Gasteiger partial charge >= 0.3 is 0 Å². The molecule has 0 radical (unpaired) electrons. The van der Waals surface area contributed by atoms with E-state index in [-0.39, 0.29) is 17.2 Å². The van der Waals surface area contributed by atoms with Crippen molar-refractivity contribution in [3.05, 3.63) is 11.5 Å². The Morgan fingerprint density at radius 1 is 1.33 bits per heavy atom. The summed E-state index contributed by atoms with van der Waals surface area (Å²) in [7, 11) is -2.15. The van der Waals surface area contributed by atoms with Crippen molar-refractivity contribution >= 4 is 10.0 Å². The number of likely N-dealkylation sites (N-methyl/N-ethyl adjacent to an activating group) is 1. The monoisotopic (exact) mass is 276 g/mol. The molecule has 1 saturated heterocycles. The molecule has 0 bridgehead atoms. The van der Waals surface area contributed by atoms with Crippen molar-refractivity contribution in [2.45, 2.75) is 25.0 Å². The quantitative estimate of drug-likeness (QED) is 0.786.